The van der Waals surface area contributed by atoms with E-state index in [1.54, 1.807) is 25.1 Å². The highest BCUT2D eigenvalue weighted by Gasteiger charge is 2.15. The first kappa shape index (κ1) is 20.6. The van der Waals surface area contributed by atoms with Crippen LogP contribution in [0.15, 0.2) is 28.7 Å². The molecule has 0 radical (unpaired) electrons. The Kier molecular flexibility index (Phi) is 6.65. The number of aryl methyl sites for hydroxylation is 1. The number of aromatic nitrogens is 2. The van der Waals surface area contributed by atoms with Gasteiger partial charge in [0.2, 0.25) is 5.91 Å². The quantitative estimate of drug-likeness (QED) is 0.258. The van der Waals surface area contributed by atoms with Crippen LogP contribution in [0, 0.1) is 6.92 Å². The molecule has 2 N–H and O–H groups in total. The first-order valence-electron chi connectivity index (χ1n) is 8.86. The molecule has 11 heteroatoms. The summed E-state index contributed by atoms with van der Waals surface area (Å²) in [7, 11) is 0. The maximum Gasteiger partial charge on any atom is 0.225 e. The van der Waals surface area contributed by atoms with Crippen LogP contribution in [0.1, 0.15) is 26.0 Å². The monoisotopic (exact) mass is 429 g/mol. The Bertz CT molecular complexity index is 1070. The lowest BCUT2D eigenvalue weighted by atomic mass is 10.2. The van der Waals surface area contributed by atoms with Gasteiger partial charge in [0.05, 0.1) is 28.6 Å². The number of thiazole rings is 2. The van der Waals surface area contributed by atoms with Gasteiger partial charge in [-0.3, -0.25) is 4.79 Å². The number of nitrogens with zero attached hydrogens (tertiary/aromatic N) is 5. The summed E-state index contributed by atoms with van der Waals surface area (Å²) in [5.74, 6) is 0.506. The van der Waals surface area contributed by atoms with Gasteiger partial charge in [0.1, 0.15) is 5.75 Å². The first-order chi connectivity index (χ1) is 14.0. The summed E-state index contributed by atoms with van der Waals surface area (Å²) < 4.78 is 5.64. The summed E-state index contributed by atoms with van der Waals surface area (Å²) in [5.41, 5.74) is 11.4. The maximum absolute atomic E-state index is 11.6. The second-order valence-corrected chi connectivity index (χ2v) is 7.66. The summed E-state index contributed by atoms with van der Waals surface area (Å²) in [6.45, 7) is 6.04. The number of hydrogen-bond acceptors (Lipinski definition) is 8. The third-order valence-corrected chi connectivity index (χ3v) is 5.62. The van der Waals surface area contributed by atoms with Gasteiger partial charge in [0.15, 0.2) is 10.3 Å². The summed E-state index contributed by atoms with van der Waals surface area (Å²) >= 11 is 2.85. The molecule has 0 unspecified atom stereocenters. The molecule has 2 heterocycles. The van der Waals surface area contributed by atoms with Crippen molar-refractivity contribution in [1.29, 1.82) is 0 Å². The van der Waals surface area contributed by atoms with Crippen molar-refractivity contribution in [2.75, 3.05) is 17.2 Å². The van der Waals surface area contributed by atoms with Crippen LogP contribution in [-0.2, 0) is 4.79 Å². The standard InChI is InChI=1S/C18H19N7O2S2/c1-4-15(26)23-18-20-10(3)16(29-18)13-9-28-17(22-13)21-12-7-6-11(24-25-19)8-14(12)27-5-2/h6-9H,4-5H2,1-3H3,(H,21,22)(H,20,23,26). The van der Waals surface area contributed by atoms with Gasteiger partial charge in [-0.25, -0.2) is 9.97 Å². The number of hydrogen-bond donors (Lipinski definition) is 2. The van der Waals surface area contributed by atoms with Crippen LogP contribution in [-0.4, -0.2) is 22.5 Å². The van der Waals surface area contributed by atoms with Gasteiger partial charge in [-0.05, 0) is 31.5 Å². The van der Waals surface area contributed by atoms with Gasteiger partial charge in [0, 0.05) is 22.4 Å². The Labute approximate surface area is 175 Å². The molecule has 0 aliphatic rings. The van der Waals surface area contributed by atoms with Gasteiger partial charge < -0.3 is 15.4 Å². The lowest BCUT2D eigenvalue weighted by molar-refractivity contribution is -0.115. The highest BCUT2D eigenvalue weighted by atomic mass is 32.1. The predicted octanol–water partition coefficient (Wildman–Crippen LogP) is 6.01. The smallest absolute Gasteiger partial charge is 0.225 e. The molecule has 3 aromatic rings. The number of amides is 1. The normalized spacial score (nSPS) is 10.3. The molecule has 0 saturated heterocycles. The van der Waals surface area contributed by atoms with E-state index < -0.39 is 0 Å². The fourth-order valence-corrected chi connectivity index (χ4v) is 4.18. The topological polar surface area (TPSA) is 125 Å². The number of rotatable bonds is 8. The van der Waals surface area contributed by atoms with E-state index in [9.17, 15) is 4.79 Å². The van der Waals surface area contributed by atoms with Crippen molar-refractivity contribution in [1.82, 2.24) is 9.97 Å². The Morgan fingerprint density at radius 3 is 2.86 bits per heavy atom. The first-order valence-corrected chi connectivity index (χ1v) is 10.6. The van der Waals surface area contributed by atoms with E-state index in [2.05, 4.69) is 30.6 Å². The van der Waals surface area contributed by atoms with E-state index in [0.29, 0.717) is 34.7 Å². The molecule has 1 aromatic carbocycles. The van der Waals surface area contributed by atoms with Crippen LogP contribution in [0.4, 0.5) is 21.6 Å². The van der Waals surface area contributed by atoms with Crippen molar-refractivity contribution in [3.8, 4) is 16.3 Å². The Morgan fingerprint density at radius 1 is 1.31 bits per heavy atom. The average molecular weight is 430 g/mol. The van der Waals surface area contributed by atoms with Crippen LogP contribution in [0.3, 0.4) is 0 Å². The number of benzene rings is 1. The SMILES string of the molecule is CCOc1cc(N=[N+]=[N-])ccc1Nc1nc(-c2sc(NC(=O)CC)nc2C)cs1. The molecular formula is C18H19N7O2S2. The van der Waals surface area contributed by atoms with Gasteiger partial charge in [-0.15, -0.1) is 11.3 Å². The van der Waals surface area contributed by atoms with Crippen LogP contribution in [0.2, 0.25) is 0 Å². The van der Waals surface area contributed by atoms with E-state index in [0.717, 1.165) is 22.0 Å². The van der Waals surface area contributed by atoms with Gasteiger partial charge in [0.25, 0.3) is 0 Å². The second-order valence-electron chi connectivity index (χ2n) is 5.80. The van der Waals surface area contributed by atoms with Gasteiger partial charge in [-0.2, -0.15) is 0 Å². The lowest BCUT2D eigenvalue weighted by Gasteiger charge is -2.11. The van der Waals surface area contributed by atoms with Crippen LogP contribution >= 0.6 is 22.7 Å². The van der Waals surface area contributed by atoms with E-state index in [-0.39, 0.29) is 5.91 Å². The number of carbonyl (C=O) groups excluding carboxylic acids is 1. The van der Waals surface area contributed by atoms with E-state index in [1.165, 1.54) is 22.7 Å². The van der Waals surface area contributed by atoms with Crippen LogP contribution < -0.4 is 15.4 Å². The van der Waals surface area contributed by atoms with Crippen molar-refractivity contribution in [2.45, 2.75) is 27.2 Å². The number of azide groups is 1. The molecule has 0 aliphatic heterocycles. The summed E-state index contributed by atoms with van der Waals surface area (Å²) in [6.07, 6.45) is 0.402. The van der Waals surface area contributed by atoms with E-state index in [4.69, 9.17) is 10.3 Å². The molecule has 0 saturated carbocycles. The molecule has 150 valence electrons. The molecule has 29 heavy (non-hydrogen) atoms. The third kappa shape index (κ3) is 5.02. The maximum atomic E-state index is 11.6. The average Bonchev–Trinajstić information content (AvgIpc) is 3.30. The zero-order valence-electron chi connectivity index (χ0n) is 16.1. The molecule has 3 rings (SSSR count). The molecule has 0 atom stereocenters. The summed E-state index contributed by atoms with van der Waals surface area (Å²) in [4.78, 5) is 24.3. The highest BCUT2D eigenvalue weighted by molar-refractivity contribution is 7.20. The molecule has 0 fully saturated rings. The molecule has 0 aliphatic carbocycles. The lowest BCUT2D eigenvalue weighted by Crippen LogP contribution is -2.08. The van der Waals surface area contributed by atoms with Crippen molar-refractivity contribution in [2.24, 2.45) is 5.11 Å². The number of anilines is 3. The minimum absolute atomic E-state index is 0.0708. The van der Waals surface area contributed by atoms with Gasteiger partial charge >= 0.3 is 0 Å². The minimum atomic E-state index is -0.0708. The van der Waals surface area contributed by atoms with Crippen molar-refractivity contribution < 1.29 is 9.53 Å². The Hall–Kier alpha value is -3.14. The highest BCUT2D eigenvalue weighted by Crippen LogP contribution is 2.37. The van der Waals surface area contributed by atoms with Gasteiger partial charge in [-0.1, -0.05) is 29.4 Å². The minimum Gasteiger partial charge on any atom is -0.492 e. The fraction of sp³-hybridized carbons (Fsp3) is 0.278. The molecule has 1 amide bonds. The molecule has 0 bridgehead atoms. The number of ether oxygens (including phenoxy) is 1. The molecule has 9 nitrogen and oxygen atoms in total. The van der Waals surface area contributed by atoms with Crippen molar-refractivity contribution >= 4 is 50.2 Å². The predicted molar refractivity (Wildman–Crippen MR) is 117 cm³/mol. The second kappa shape index (κ2) is 9.37. The zero-order chi connectivity index (χ0) is 20.8. The Balaban J connectivity index is 1.82. The van der Waals surface area contributed by atoms with Crippen molar-refractivity contribution in [3.05, 3.63) is 39.7 Å². The van der Waals surface area contributed by atoms with Crippen LogP contribution in [0.5, 0.6) is 5.75 Å². The third-order valence-electron chi connectivity index (χ3n) is 3.77. The zero-order valence-corrected chi connectivity index (χ0v) is 17.7. The van der Waals surface area contributed by atoms with E-state index in [1.807, 2.05) is 19.2 Å². The fourth-order valence-electron chi connectivity index (χ4n) is 2.45. The van der Waals surface area contributed by atoms with Crippen molar-refractivity contribution in [3.63, 3.8) is 0 Å². The molecule has 0 spiro atoms. The van der Waals surface area contributed by atoms with E-state index >= 15 is 0 Å². The Morgan fingerprint density at radius 2 is 2.14 bits per heavy atom. The molecular weight excluding hydrogens is 410 g/mol. The number of nitrogens with one attached hydrogen (secondary N) is 2. The van der Waals surface area contributed by atoms with Crippen LogP contribution in [0.25, 0.3) is 21.0 Å². The summed E-state index contributed by atoms with van der Waals surface area (Å²) in [6, 6.07) is 5.16. The summed E-state index contributed by atoms with van der Waals surface area (Å²) in [5, 5.41) is 12.8. The molecule has 2 aromatic heterocycles. The number of carbonyl (C=O) groups is 1. The largest absolute Gasteiger partial charge is 0.492 e.